The fraction of sp³-hybridized carbons (Fsp3) is 0.643. The van der Waals surface area contributed by atoms with Crippen LogP contribution < -0.4 is 0 Å². The van der Waals surface area contributed by atoms with Crippen molar-refractivity contribution in [2.24, 2.45) is 11.8 Å². The first-order chi connectivity index (χ1) is 8.69. The molecule has 2 aliphatic heterocycles. The van der Waals surface area contributed by atoms with Crippen molar-refractivity contribution in [3.63, 3.8) is 0 Å². The van der Waals surface area contributed by atoms with Gasteiger partial charge in [0.2, 0.25) is 0 Å². The van der Waals surface area contributed by atoms with Gasteiger partial charge in [-0.05, 0) is 52.9 Å². The summed E-state index contributed by atoms with van der Waals surface area (Å²) in [6.07, 6.45) is 3.42. The third-order valence-electron chi connectivity index (χ3n) is 4.03. The average molecular weight is 310 g/mol. The lowest BCUT2D eigenvalue weighted by atomic mass is 9.85. The molecule has 3 heterocycles. The number of aromatic nitrogens is 1. The summed E-state index contributed by atoms with van der Waals surface area (Å²) in [4.78, 5) is 9.42. The minimum atomic E-state index is 0.867. The van der Waals surface area contributed by atoms with Gasteiger partial charge in [0.1, 0.15) is 4.60 Å². The standard InChI is InChI=1S/C14H20BrN3/c1-17-6-12-4-13(7-17)10-18(9-12)8-11-2-3-14(15)16-5-11/h2-3,5,12-13H,4,6-10H2,1H3. The Morgan fingerprint density at radius 1 is 1.22 bits per heavy atom. The van der Waals surface area contributed by atoms with Crippen LogP contribution in [0.4, 0.5) is 0 Å². The van der Waals surface area contributed by atoms with Crippen molar-refractivity contribution < 1.29 is 0 Å². The van der Waals surface area contributed by atoms with Gasteiger partial charge in [-0.1, -0.05) is 6.07 Å². The van der Waals surface area contributed by atoms with Crippen molar-refractivity contribution in [1.82, 2.24) is 14.8 Å². The second kappa shape index (κ2) is 5.27. The second-order valence-electron chi connectivity index (χ2n) is 5.87. The van der Waals surface area contributed by atoms with Crippen molar-refractivity contribution >= 4 is 15.9 Å². The minimum absolute atomic E-state index is 0.867. The highest BCUT2D eigenvalue weighted by Crippen LogP contribution is 2.28. The molecule has 2 saturated heterocycles. The molecular weight excluding hydrogens is 290 g/mol. The van der Waals surface area contributed by atoms with Crippen molar-refractivity contribution in [2.45, 2.75) is 13.0 Å². The van der Waals surface area contributed by atoms with Gasteiger partial charge in [0.25, 0.3) is 0 Å². The molecule has 2 fully saturated rings. The molecule has 0 spiro atoms. The predicted octanol–water partition coefficient (Wildman–Crippen LogP) is 2.23. The van der Waals surface area contributed by atoms with E-state index in [1.165, 1.54) is 38.2 Å². The Hall–Kier alpha value is -0.450. The first kappa shape index (κ1) is 12.6. The Bertz CT molecular complexity index is 388. The zero-order chi connectivity index (χ0) is 12.5. The maximum atomic E-state index is 4.31. The third-order valence-corrected chi connectivity index (χ3v) is 4.50. The summed E-state index contributed by atoms with van der Waals surface area (Å²) in [7, 11) is 2.26. The van der Waals surface area contributed by atoms with E-state index >= 15 is 0 Å². The van der Waals surface area contributed by atoms with Crippen LogP contribution >= 0.6 is 15.9 Å². The van der Waals surface area contributed by atoms with E-state index in [-0.39, 0.29) is 0 Å². The first-order valence-corrected chi connectivity index (χ1v) is 7.49. The number of hydrogen-bond donors (Lipinski definition) is 0. The van der Waals surface area contributed by atoms with Crippen molar-refractivity contribution in [3.05, 3.63) is 28.5 Å². The summed E-state index contributed by atoms with van der Waals surface area (Å²) in [6, 6.07) is 4.21. The number of pyridine rings is 1. The van der Waals surface area contributed by atoms with Crippen molar-refractivity contribution in [2.75, 3.05) is 33.2 Å². The molecule has 0 amide bonds. The highest BCUT2D eigenvalue weighted by atomic mass is 79.9. The lowest BCUT2D eigenvalue weighted by Gasteiger charge is -2.44. The maximum Gasteiger partial charge on any atom is 0.106 e. The van der Waals surface area contributed by atoms with Crippen LogP contribution in [0.15, 0.2) is 22.9 Å². The van der Waals surface area contributed by atoms with Gasteiger partial charge in [-0.2, -0.15) is 0 Å². The fourth-order valence-electron chi connectivity index (χ4n) is 3.53. The maximum absolute atomic E-state index is 4.31. The van der Waals surface area contributed by atoms with Crippen LogP contribution in [0.5, 0.6) is 0 Å². The van der Waals surface area contributed by atoms with Gasteiger partial charge in [-0.15, -0.1) is 0 Å². The van der Waals surface area contributed by atoms with Gasteiger partial charge in [0, 0.05) is 38.9 Å². The zero-order valence-electron chi connectivity index (χ0n) is 10.8. The molecule has 1 aromatic rings. The highest BCUT2D eigenvalue weighted by molar-refractivity contribution is 9.10. The van der Waals surface area contributed by atoms with E-state index in [9.17, 15) is 0 Å². The Balaban J connectivity index is 1.62. The predicted molar refractivity (Wildman–Crippen MR) is 76.3 cm³/mol. The average Bonchev–Trinajstić information content (AvgIpc) is 2.30. The van der Waals surface area contributed by atoms with Crippen LogP contribution in [-0.4, -0.2) is 48.0 Å². The molecule has 2 atom stereocenters. The summed E-state index contributed by atoms with van der Waals surface area (Å²) in [6.45, 7) is 6.09. The largest absolute Gasteiger partial charge is 0.306 e. The summed E-state index contributed by atoms with van der Waals surface area (Å²) in [5.41, 5.74) is 1.33. The molecule has 2 aliphatic rings. The molecule has 0 saturated carbocycles. The smallest absolute Gasteiger partial charge is 0.106 e. The quantitative estimate of drug-likeness (QED) is 0.781. The highest BCUT2D eigenvalue weighted by Gasteiger charge is 2.32. The van der Waals surface area contributed by atoms with Crippen LogP contribution in [0.3, 0.4) is 0 Å². The van der Waals surface area contributed by atoms with Crippen LogP contribution in [-0.2, 0) is 6.54 Å². The minimum Gasteiger partial charge on any atom is -0.306 e. The van der Waals surface area contributed by atoms with Gasteiger partial charge in [-0.25, -0.2) is 4.98 Å². The monoisotopic (exact) mass is 309 g/mol. The van der Waals surface area contributed by atoms with Gasteiger partial charge >= 0.3 is 0 Å². The van der Waals surface area contributed by atoms with Gasteiger partial charge in [0.15, 0.2) is 0 Å². The number of piperidine rings is 2. The number of hydrogen-bond acceptors (Lipinski definition) is 3. The molecule has 98 valence electrons. The lowest BCUT2D eigenvalue weighted by molar-refractivity contribution is 0.0392. The molecule has 3 nitrogen and oxygen atoms in total. The summed E-state index contributed by atoms with van der Waals surface area (Å²) in [5.74, 6) is 1.73. The van der Waals surface area contributed by atoms with Crippen LogP contribution in [0, 0.1) is 11.8 Å². The molecular formula is C14H20BrN3. The molecule has 4 heteroatoms. The molecule has 2 unspecified atom stereocenters. The Morgan fingerprint density at radius 3 is 2.56 bits per heavy atom. The van der Waals surface area contributed by atoms with Gasteiger partial charge in [-0.3, -0.25) is 4.90 Å². The number of fused-ring (bicyclic) bond motifs is 2. The first-order valence-electron chi connectivity index (χ1n) is 6.70. The molecule has 3 rings (SSSR count). The number of nitrogens with zero attached hydrogens (tertiary/aromatic N) is 3. The zero-order valence-corrected chi connectivity index (χ0v) is 12.4. The van der Waals surface area contributed by atoms with Crippen LogP contribution in [0.2, 0.25) is 0 Å². The number of likely N-dealkylation sites (tertiary alicyclic amines) is 2. The van der Waals surface area contributed by atoms with E-state index in [2.05, 4.69) is 43.8 Å². The molecule has 0 aliphatic carbocycles. The van der Waals surface area contributed by atoms with Gasteiger partial charge < -0.3 is 4.90 Å². The Morgan fingerprint density at radius 2 is 1.94 bits per heavy atom. The Labute approximate surface area is 117 Å². The molecule has 2 bridgehead atoms. The van der Waals surface area contributed by atoms with E-state index in [4.69, 9.17) is 0 Å². The molecule has 0 aromatic carbocycles. The van der Waals surface area contributed by atoms with Crippen LogP contribution in [0.1, 0.15) is 12.0 Å². The van der Waals surface area contributed by atoms with Crippen molar-refractivity contribution in [3.8, 4) is 0 Å². The van der Waals surface area contributed by atoms with E-state index in [0.29, 0.717) is 0 Å². The molecule has 0 radical (unpaired) electrons. The Kier molecular flexibility index (Phi) is 3.68. The fourth-order valence-corrected chi connectivity index (χ4v) is 3.77. The van der Waals surface area contributed by atoms with E-state index in [1.807, 2.05) is 12.3 Å². The van der Waals surface area contributed by atoms with Crippen LogP contribution in [0.25, 0.3) is 0 Å². The number of halogens is 1. The summed E-state index contributed by atoms with van der Waals surface area (Å²) in [5, 5.41) is 0. The topological polar surface area (TPSA) is 19.4 Å². The van der Waals surface area contributed by atoms with Gasteiger partial charge in [0.05, 0.1) is 0 Å². The normalized spacial score (nSPS) is 29.4. The number of rotatable bonds is 2. The summed E-state index contributed by atoms with van der Waals surface area (Å²) < 4.78 is 0.920. The van der Waals surface area contributed by atoms with E-state index in [1.54, 1.807) is 0 Å². The summed E-state index contributed by atoms with van der Waals surface area (Å²) >= 11 is 3.39. The van der Waals surface area contributed by atoms with Crippen molar-refractivity contribution in [1.29, 1.82) is 0 Å². The SMILES string of the molecule is CN1CC2CC(C1)CN(Cc1ccc(Br)nc1)C2. The third kappa shape index (κ3) is 2.92. The van der Waals surface area contributed by atoms with E-state index in [0.717, 1.165) is 23.0 Å². The molecule has 1 aromatic heterocycles. The molecule has 0 N–H and O–H groups in total. The lowest BCUT2D eigenvalue weighted by Crippen LogP contribution is -2.51. The second-order valence-corrected chi connectivity index (χ2v) is 6.68. The van der Waals surface area contributed by atoms with E-state index < -0.39 is 0 Å². The molecule has 18 heavy (non-hydrogen) atoms.